The van der Waals surface area contributed by atoms with E-state index in [1.165, 1.54) is 23.9 Å². The highest BCUT2D eigenvalue weighted by molar-refractivity contribution is 8.18. The lowest BCUT2D eigenvalue weighted by Gasteiger charge is -2.02. The highest BCUT2D eigenvalue weighted by Gasteiger charge is 2.25. The third-order valence-electron chi connectivity index (χ3n) is 3.65. The molecule has 25 heavy (non-hydrogen) atoms. The van der Waals surface area contributed by atoms with E-state index in [1.807, 2.05) is 32.0 Å². The summed E-state index contributed by atoms with van der Waals surface area (Å²) in [4.78, 5) is 27.6. The van der Waals surface area contributed by atoms with E-state index in [-0.39, 0.29) is 11.6 Å². The first-order chi connectivity index (χ1) is 11.9. The predicted molar refractivity (Wildman–Crippen MR) is 99.8 cm³/mol. The summed E-state index contributed by atoms with van der Waals surface area (Å²) in [5, 5.41) is 14.3. The summed E-state index contributed by atoms with van der Waals surface area (Å²) in [5.41, 5.74) is 3.28. The highest BCUT2D eigenvalue weighted by Crippen LogP contribution is 2.31. The van der Waals surface area contributed by atoms with Gasteiger partial charge in [-0.05, 0) is 49.4 Å². The van der Waals surface area contributed by atoms with Gasteiger partial charge in [0.15, 0.2) is 5.17 Å². The van der Waals surface area contributed by atoms with Crippen LogP contribution in [-0.2, 0) is 4.79 Å². The number of nitrogens with one attached hydrogen (secondary N) is 1. The molecule has 1 saturated heterocycles. The normalized spacial score (nSPS) is 17.1. The Hall–Kier alpha value is -2.93. The fraction of sp³-hybridized carbons (Fsp3) is 0.111. The van der Waals surface area contributed by atoms with Crippen LogP contribution in [0.15, 0.2) is 52.4 Å². The van der Waals surface area contributed by atoms with E-state index in [9.17, 15) is 14.9 Å². The van der Waals surface area contributed by atoms with Gasteiger partial charge in [-0.3, -0.25) is 14.9 Å². The molecule has 0 radical (unpaired) electrons. The van der Waals surface area contributed by atoms with Gasteiger partial charge in [-0.2, -0.15) is 0 Å². The summed E-state index contributed by atoms with van der Waals surface area (Å²) in [7, 11) is 0. The van der Waals surface area contributed by atoms with Crippen LogP contribution < -0.4 is 5.32 Å². The number of thioether (sulfide) groups is 1. The number of rotatable bonds is 3. The van der Waals surface area contributed by atoms with Crippen molar-refractivity contribution in [3.05, 3.63) is 74.2 Å². The summed E-state index contributed by atoms with van der Waals surface area (Å²) < 4.78 is 0. The number of hydrogen-bond acceptors (Lipinski definition) is 5. The van der Waals surface area contributed by atoms with E-state index in [1.54, 1.807) is 18.2 Å². The fourth-order valence-corrected chi connectivity index (χ4v) is 3.26. The van der Waals surface area contributed by atoms with Crippen LogP contribution in [0.2, 0.25) is 0 Å². The van der Waals surface area contributed by atoms with Crippen LogP contribution in [0, 0.1) is 24.0 Å². The minimum absolute atomic E-state index is 0.0387. The summed E-state index contributed by atoms with van der Waals surface area (Å²) in [6, 6.07) is 12.2. The Labute approximate surface area is 148 Å². The van der Waals surface area contributed by atoms with Crippen molar-refractivity contribution in [3.63, 3.8) is 0 Å². The van der Waals surface area contributed by atoms with E-state index in [4.69, 9.17) is 0 Å². The molecule has 0 aromatic heterocycles. The van der Waals surface area contributed by atoms with Gasteiger partial charge in [-0.1, -0.05) is 29.8 Å². The molecule has 2 aromatic rings. The molecule has 1 N–H and O–H groups in total. The molecule has 0 bridgehead atoms. The molecule has 6 nitrogen and oxygen atoms in total. The molecule has 1 aliphatic heterocycles. The van der Waals surface area contributed by atoms with Crippen LogP contribution in [0.5, 0.6) is 0 Å². The Kier molecular flexibility index (Phi) is 4.67. The molecular formula is C18H15N3O3S. The van der Waals surface area contributed by atoms with Gasteiger partial charge >= 0.3 is 0 Å². The second-order valence-electron chi connectivity index (χ2n) is 5.59. The van der Waals surface area contributed by atoms with Crippen molar-refractivity contribution in [1.29, 1.82) is 0 Å². The number of nitrogens with zero attached hydrogens (tertiary/aromatic N) is 2. The number of amides is 1. The van der Waals surface area contributed by atoms with Crippen molar-refractivity contribution >= 4 is 40.3 Å². The monoisotopic (exact) mass is 353 g/mol. The first kappa shape index (κ1) is 16.9. The van der Waals surface area contributed by atoms with Crippen molar-refractivity contribution in [3.8, 4) is 0 Å². The van der Waals surface area contributed by atoms with Crippen molar-refractivity contribution in [2.24, 2.45) is 4.99 Å². The maximum atomic E-state index is 12.1. The largest absolute Gasteiger partial charge is 0.300 e. The Morgan fingerprint density at radius 3 is 2.68 bits per heavy atom. The van der Waals surface area contributed by atoms with Gasteiger partial charge in [-0.25, -0.2) is 4.99 Å². The molecule has 1 fully saturated rings. The summed E-state index contributed by atoms with van der Waals surface area (Å²) in [5.74, 6) is -0.313. The molecule has 0 aliphatic carbocycles. The minimum atomic E-state index is -0.464. The van der Waals surface area contributed by atoms with Crippen LogP contribution in [0.1, 0.15) is 16.7 Å². The smallest absolute Gasteiger partial charge is 0.276 e. The zero-order valence-electron chi connectivity index (χ0n) is 13.6. The number of amidine groups is 1. The number of hydrogen-bond donors (Lipinski definition) is 1. The highest BCUT2D eigenvalue weighted by atomic mass is 32.2. The summed E-state index contributed by atoms with van der Waals surface area (Å²) in [6.45, 7) is 3.96. The first-order valence-corrected chi connectivity index (χ1v) is 8.36. The molecule has 1 aliphatic rings. The number of carbonyl (C=O) groups is 1. The van der Waals surface area contributed by atoms with Gasteiger partial charge in [0.2, 0.25) is 0 Å². The van der Waals surface area contributed by atoms with Gasteiger partial charge < -0.3 is 5.32 Å². The minimum Gasteiger partial charge on any atom is -0.300 e. The molecule has 2 aromatic carbocycles. The Bertz CT molecular complexity index is 935. The lowest BCUT2D eigenvalue weighted by Crippen LogP contribution is -2.19. The lowest BCUT2D eigenvalue weighted by atomic mass is 10.1. The topological polar surface area (TPSA) is 84.6 Å². The molecular weight excluding hydrogens is 338 g/mol. The summed E-state index contributed by atoms with van der Waals surface area (Å²) in [6.07, 6.45) is 1.52. The average Bonchev–Trinajstić information content (AvgIpc) is 2.90. The van der Waals surface area contributed by atoms with Crippen LogP contribution in [0.3, 0.4) is 0 Å². The number of para-hydroxylation sites is 1. The molecule has 0 spiro atoms. The van der Waals surface area contributed by atoms with E-state index in [2.05, 4.69) is 10.3 Å². The number of nitro benzene ring substituents is 1. The predicted octanol–water partition coefficient (Wildman–Crippen LogP) is 4.10. The summed E-state index contributed by atoms with van der Waals surface area (Å²) >= 11 is 1.17. The average molecular weight is 353 g/mol. The van der Waals surface area contributed by atoms with Crippen LogP contribution >= 0.6 is 11.8 Å². The quantitative estimate of drug-likeness (QED) is 0.511. The number of aryl methyl sites for hydroxylation is 2. The number of carbonyl (C=O) groups excluding carboxylic acids is 1. The van der Waals surface area contributed by atoms with Gasteiger partial charge in [0.1, 0.15) is 0 Å². The molecule has 1 amide bonds. The van der Waals surface area contributed by atoms with E-state index in [0.717, 1.165) is 16.8 Å². The standard InChI is InChI=1S/C18H15N3O3S/c1-11-7-8-14(12(2)9-11)19-18-20-17(22)16(25-18)10-13-5-3-4-6-15(13)21(23)24/h3-10H,1-2H3,(H,19,20,22)/b16-10+. The molecule has 7 heteroatoms. The van der Waals surface area contributed by atoms with Crippen LogP contribution in [-0.4, -0.2) is 16.0 Å². The van der Waals surface area contributed by atoms with Gasteiger partial charge in [0.25, 0.3) is 11.6 Å². The van der Waals surface area contributed by atoms with E-state index in [0.29, 0.717) is 15.6 Å². The number of nitro groups is 1. The molecule has 1 heterocycles. The van der Waals surface area contributed by atoms with Crippen molar-refractivity contribution in [2.45, 2.75) is 13.8 Å². The first-order valence-electron chi connectivity index (χ1n) is 7.54. The molecule has 0 unspecified atom stereocenters. The fourth-order valence-electron chi connectivity index (χ4n) is 2.44. The van der Waals surface area contributed by atoms with Gasteiger partial charge in [0, 0.05) is 6.07 Å². The number of aliphatic imine (C=N–C) groups is 1. The zero-order chi connectivity index (χ0) is 18.0. The SMILES string of the molecule is Cc1ccc(N=C2NC(=O)/C(=C\c3ccccc3[N+](=O)[O-])S2)c(C)c1. The van der Waals surface area contributed by atoms with Gasteiger partial charge in [-0.15, -0.1) is 0 Å². The molecule has 0 atom stereocenters. The van der Waals surface area contributed by atoms with Gasteiger partial charge in [0.05, 0.1) is 21.1 Å². The Morgan fingerprint density at radius 2 is 1.96 bits per heavy atom. The van der Waals surface area contributed by atoms with E-state index < -0.39 is 4.92 Å². The maximum Gasteiger partial charge on any atom is 0.276 e. The van der Waals surface area contributed by atoms with Crippen molar-refractivity contribution < 1.29 is 9.72 Å². The van der Waals surface area contributed by atoms with Crippen molar-refractivity contribution in [1.82, 2.24) is 5.32 Å². The third kappa shape index (κ3) is 3.77. The molecule has 0 saturated carbocycles. The van der Waals surface area contributed by atoms with E-state index >= 15 is 0 Å². The molecule has 126 valence electrons. The number of benzene rings is 2. The second-order valence-corrected chi connectivity index (χ2v) is 6.62. The Morgan fingerprint density at radius 1 is 1.20 bits per heavy atom. The lowest BCUT2D eigenvalue weighted by molar-refractivity contribution is -0.385. The maximum absolute atomic E-state index is 12.1. The van der Waals surface area contributed by atoms with Crippen molar-refractivity contribution in [2.75, 3.05) is 0 Å². The van der Waals surface area contributed by atoms with Crippen LogP contribution in [0.4, 0.5) is 11.4 Å². The van der Waals surface area contributed by atoms with Crippen LogP contribution in [0.25, 0.3) is 6.08 Å². The second kappa shape index (κ2) is 6.90. The third-order valence-corrected chi connectivity index (χ3v) is 4.56. The molecule has 3 rings (SSSR count). The Balaban J connectivity index is 1.90. The zero-order valence-corrected chi connectivity index (χ0v) is 14.5.